The molecule has 0 aliphatic heterocycles. The fourth-order valence-corrected chi connectivity index (χ4v) is 2.17. The van der Waals surface area contributed by atoms with E-state index in [0.29, 0.717) is 5.56 Å². The minimum absolute atomic E-state index is 0.267. The first-order valence-corrected chi connectivity index (χ1v) is 6.86. The maximum atomic E-state index is 12.9. The van der Waals surface area contributed by atoms with Crippen molar-refractivity contribution in [2.75, 3.05) is 6.54 Å². The Hall–Kier alpha value is -1.92. The largest absolute Gasteiger partial charge is 0.416 e. The second-order valence-electron chi connectivity index (χ2n) is 5.09. The summed E-state index contributed by atoms with van der Waals surface area (Å²) < 4.78 is 38.6. The van der Waals surface area contributed by atoms with Crippen LogP contribution in [-0.2, 0) is 6.18 Å². The third-order valence-corrected chi connectivity index (χ3v) is 3.20. The topological polar surface area (TPSA) is 45.1 Å². The predicted octanol–water partition coefficient (Wildman–Crippen LogP) is 3.16. The summed E-state index contributed by atoms with van der Waals surface area (Å²) in [5.41, 5.74) is 0.583. The lowest BCUT2D eigenvalue weighted by Gasteiger charge is -2.21. The number of halogens is 3. The molecule has 2 unspecified atom stereocenters. The van der Waals surface area contributed by atoms with Gasteiger partial charge in [0.05, 0.1) is 17.7 Å². The van der Waals surface area contributed by atoms with Gasteiger partial charge in [-0.25, -0.2) is 0 Å². The van der Waals surface area contributed by atoms with Crippen LogP contribution in [0.3, 0.4) is 0 Å². The first-order valence-electron chi connectivity index (χ1n) is 6.86. The van der Waals surface area contributed by atoms with Gasteiger partial charge in [0.2, 0.25) is 0 Å². The maximum absolute atomic E-state index is 12.9. The van der Waals surface area contributed by atoms with Crippen molar-refractivity contribution in [2.45, 2.75) is 25.2 Å². The zero-order valence-electron chi connectivity index (χ0n) is 12.0. The predicted molar refractivity (Wildman–Crippen MR) is 77.2 cm³/mol. The second kappa shape index (κ2) is 6.89. The molecule has 0 amide bonds. The molecule has 0 bridgehead atoms. The molecule has 2 atom stereocenters. The standard InChI is InChI=1S/C16H17F3N2O/c1-11(22)10-21-15(12-5-7-20-8-6-12)13-3-2-4-14(9-13)16(17,18)19/h2-9,11,15,21-22H,10H2,1H3. The first-order chi connectivity index (χ1) is 10.4. The molecule has 118 valence electrons. The molecule has 0 spiro atoms. The number of benzene rings is 1. The van der Waals surface area contributed by atoms with Crippen molar-refractivity contribution >= 4 is 0 Å². The number of rotatable bonds is 5. The summed E-state index contributed by atoms with van der Waals surface area (Å²) in [6, 6.07) is 8.22. The summed E-state index contributed by atoms with van der Waals surface area (Å²) in [5.74, 6) is 0. The van der Waals surface area contributed by atoms with E-state index in [0.717, 1.165) is 17.7 Å². The number of pyridine rings is 1. The summed E-state index contributed by atoms with van der Waals surface area (Å²) in [7, 11) is 0. The average Bonchev–Trinajstić information content (AvgIpc) is 2.48. The van der Waals surface area contributed by atoms with E-state index in [1.54, 1.807) is 37.5 Å². The zero-order valence-corrected chi connectivity index (χ0v) is 12.0. The third kappa shape index (κ3) is 4.29. The smallest absolute Gasteiger partial charge is 0.392 e. The van der Waals surface area contributed by atoms with Crippen molar-refractivity contribution in [3.05, 3.63) is 65.5 Å². The van der Waals surface area contributed by atoms with Crippen LogP contribution in [0.5, 0.6) is 0 Å². The van der Waals surface area contributed by atoms with E-state index >= 15 is 0 Å². The molecule has 0 aliphatic rings. The van der Waals surface area contributed by atoms with Gasteiger partial charge in [0.1, 0.15) is 0 Å². The van der Waals surface area contributed by atoms with Gasteiger partial charge in [-0.2, -0.15) is 13.2 Å². The van der Waals surface area contributed by atoms with E-state index in [2.05, 4.69) is 10.3 Å². The van der Waals surface area contributed by atoms with Crippen LogP contribution in [0, 0.1) is 0 Å². The fourth-order valence-electron chi connectivity index (χ4n) is 2.17. The summed E-state index contributed by atoms with van der Waals surface area (Å²) >= 11 is 0. The van der Waals surface area contributed by atoms with Crippen molar-refractivity contribution in [3.63, 3.8) is 0 Å². The van der Waals surface area contributed by atoms with Gasteiger partial charge in [-0.05, 0) is 42.3 Å². The second-order valence-corrected chi connectivity index (χ2v) is 5.09. The highest BCUT2D eigenvalue weighted by Gasteiger charge is 2.31. The molecule has 6 heteroatoms. The Morgan fingerprint density at radius 1 is 1.14 bits per heavy atom. The third-order valence-electron chi connectivity index (χ3n) is 3.20. The lowest BCUT2D eigenvalue weighted by molar-refractivity contribution is -0.137. The SMILES string of the molecule is CC(O)CNC(c1ccncc1)c1cccc(C(F)(F)F)c1. The molecule has 0 fully saturated rings. The normalized spacial score (nSPS) is 14.6. The molecule has 3 nitrogen and oxygen atoms in total. The van der Waals surface area contributed by atoms with Crippen molar-refractivity contribution in [2.24, 2.45) is 0 Å². The molecular weight excluding hydrogens is 293 g/mol. The Bertz CT molecular complexity index is 600. The molecule has 1 aromatic heterocycles. The Morgan fingerprint density at radius 3 is 2.41 bits per heavy atom. The van der Waals surface area contributed by atoms with Crippen molar-refractivity contribution in [1.82, 2.24) is 10.3 Å². The summed E-state index contributed by atoms with van der Waals surface area (Å²) in [4.78, 5) is 3.92. The highest BCUT2D eigenvalue weighted by Crippen LogP contribution is 2.32. The Labute approximate surface area is 126 Å². The minimum Gasteiger partial charge on any atom is -0.392 e. The highest BCUT2D eigenvalue weighted by molar-refractivity contribution is 5.34. The van der Waals surface area contributed by atoms with Gasteiger partial charge in [0.25, 0.3) is 0 Å². The van der Waals surface area contributed by atoms with Crippen molar-refractivity contribution < 1.29 is 18.3 Å². The molecule has 1 heterocycles. The number of hydrogen-bond donors (Lipinski definition) is 2. The molecule has 2 aromatic rings. The van der Waals surface area contributed by atoms with Gasteiger partial charge < -0.3 is 10.4 Å². The Balaban J connectivity index is 2.36. The molecule has 0 saturated heterocycles. The summed E-state index contributed by atoms with van der Waals surface area (Å²) in [6.45, 7) is 1.88. The lowest BCUT2D eigenvalue weighted by atomic mass is 9.97. The van der Waals surface area contributed by atoms with Crippen LogP contribution in [0.25, 0.3) is 0 Å². The summed E-state index contributed by atoms with van der Waals surface area (Å²) in [5, 5.41) is 12.5. The number of nitrogens with one attached hydrogen (secondary N) is 1. The number of nitrogens with zero attached hydrogens (tertiary/aromatic N) is 1. The van der Waals surface area contributed by atoms with Crippen LogP contribution in [0.15, 0.2) is 48.8 Å². The molecule has 2 N–H and O–H groups in total. The van der Waals surface area contributed by atoms with Gasteiger partial charge in [-0.15, -0.1) is 0 Å². The molecule has 22 heavy (non-hydrogen) atoms. The Morgan fingerprint density at radius 2 is 1.82 bits per heavy atom. The minimum atomic E-state index is -4.39. The zero-order chi connectivity index (χ0) is 16.2. The quantitative estimate of drug-likeness (QED) is 0.891. The van der Waals surface area contributed by atoms with E-state index in [1.807, 2.05) is 0 Å². The molecule has 2 rings (SSSR count). The number of aliphatic hydroxyl groups excluding tert-OH is 1. The van der Waals surface area contributed by atoms with Crippen molar-refractivity contribution in [3.8, 4) is 0 Å². The molecule has 0 saturated carbocycles. The van der Waals surface area contributed by atoms with Gasteiger partial charge in [0.15, 0.2) is 0 Å². The summed E-state index contributed by atoms with van der Waals surface area (Å²) in [6.07, 6.45) is -1.82. The molecule has 0 radical (unpaired) electrons. The van der Waals surface area contributed by atoms with Gasteiger partial charge in [-0.3, -0.25) is 4.98 Å². The number of hydrogen-bond acceptors (Lipinski definition) is 3. The Kier molecular flexibility index (Phi) is 5.15. The molecule has 0 aliphatic carbocycles. The van der Waals surface area contributed by atoms with E-state index in [9.17, 15) is 18.3 Å². The van der Waals surface area contributed by atoms with Crippen molar-refractivity contribution in [1.29, 1.82) is 0 Å². The van der Waals surface area contributed by atoms with Crippen LogP contribution >= 0.6 is 0 Å². The van der Waals surface area contributed by atoms with Gasteiger partial charge in [0, 0.05) is 18.9 Å². The van der Waals surface area contributed by atoms with Gasteiger partial charge in [-0.1, -0.05) is 12.1 Å². The first kappa shape index (κ1) is 16.5. The van der Waals surface area contributed by atoms with Crippen LogP contribution in [0.2, 0.25) is 0 Å². The number of aliphatic hydroxyl groups is 1. The van der Waals surface area contributed by atoms with E-state index < -0.39 is 23.9 Å². The monoisotopic (exact) mass is 310 g/mol. The molecular formula is C16H17F3N2O. The number of alkyl halides is 3. The van der Waals surface area contributed by atoms with Crippen LogP contribution < -0.4 is 5.32 Å². The van der Waals surface area contributed by atoms with Crippen LogP contribution in [0.4, 0.5) is 13.2 Å². The van der Waals surface area contributed by atoms with Gasteiger partial charge >= 0.3 is 6.18 Å². The fraction of sp³-hybridized carbons (Fsp3) is 0.312. The van der Waals surface area contributed by atoms with E-state index in [1.165, 1.54) is 6.07 Å². The van der Waals surface area contributed by atoms with Crippen LogP contribution in [-0.4, -0.2) is 22.7 Å². The van der Waals surface area contributed by atoms with E-state index in [4.69, 9.17) is 0 Å². The van der Waals surface area contributed by atoms with E-state index in [-0.39, 0.29) is 6.54 Å². The van der Waals surface area contributed by atoms with Crippen LogP contribution in [0.1, 0.15) is 29.7 Å². The molecule has 1 aromatic carbocycles. The lowest BCUT2D eigenvalue weighted by Crippen LogP contribution is -2.29. The number of aromatic nitrogens is 1. The maximum Gasteiger partial charge on any atom is 0.416 e. The highest BCUT2D eigenvalue weighted by atomic mass is 19.4. The average molecular weight is 310 g/mol.